The summed E-state index contributed by atoms with van der Waals surface area (Å²) in [5.41, 5.74) is 1.17. The molecule has 1 fully saturated rings. The second-order valence-corrected chi connectivity index (χ2v) is 5.47. The molecule has 0 bridgehead atoms. The van der Waals surface area contributed by atoms with Crippen LogP contribution in [0.2, 0.25) is 5.02 Å². The Morgan fingerprint density at radius 1 is 1.35 bits per heavy atom. The lowest BCUT2D eigenvalue weighted by Crippen LogP contribution is -2.48. The molecule has 94 valence electrons. The molecule has 0 aromatic heterocycles. The van der Waals surface area contributed by atoms with Gasteiger partial charge in [-0.1, -0.05) is 37.6 Å². The van der Waals surface area contributed by atoms with E-state index in [4.69, 9.17) is 11.6 Å². The summed E-state index contributed by atoms with van der Waals surface area (Å²) in [5.74, 6) is 0. The van der Waals surface area contributed by atoms with Crippen molar-refractivity contribution in [3.8, 4) is 0 Å². The molecule has 1 aromatic rings. The topological polar surface area (TPSA) is 15.3 Å². The molecule has 1 saturated heterocycles. The van der Waals surface area contributed by atoms with Crippen molar-refractivity contribution in [2.75, 3.05) is 18.0 Å². The highest BCUT2D eigenvalue weighted by molar-refractivity contribution is 6.33. The zero-order valence-electron chi connectivity index (χ0n) is 10.6. The van der Waals surface area contributed by atoms with Crippen molar-refractivity contribution in [2.24, 2.45) is 0 Å². The van der Waals surface area contributed by atoms with Crippen LogP contribution in [0.1, 0.15) is 26.7 Å². The van der Waals surface area contributed by atoms with E-state index in [1.165, 1.54) is 18.5 Å². The Bertz CT molecular complexity index is 365. The van der Waals surface area contributed by atoms with E-state index >= 15 is 0 Å². The lowest BCUT2D eigenvalue weighted by atomic mass is 10.0. The fraction of sp³-hybridized carbons (Fsp3) is 0.571. The molecule has 0 saturated carbocycles. The number of rotatable bonds is 3. The highest BCUT2D eigenvalue weighted by atomic mass is 35.5. The summed E-state index contributed by atoms with van der Waals surface area (Å²) in [7, 11) is 0. The van der Waals surface area contributed by atoms with E-state index in [0.29, 0.717) is 12.1 Å². The summed E-state index contributed by atoms with van der Waals surface area (Å²) in [4.78, 5) is 2.39. The van der Waals surface area contributed by atoms with Crippen molar-refractivity contribution in [1.82, 2.24) is 5.32 Å². The molecule has 1 aliphatic rings. The molecular weight excluding hydrogens is 232 g/mol. The van der Waals surface area contributed by atoms with E-state index < -0.39 is 0 Å². The molecule has 0 aliphatic carbocycles. The minimum Gasteiger partial charge on any atom is -0.369 e. The lowest BCUT2D eigenvalue weighted by molar-refractivity contribution is 0.395. The minimum atomic E-state index is 0.547. The summed E-state index contributed by atoms with van der Waals surface area (Å²) < 4.78 is 0. The number of para-hydroxylation sites is 1. The van der Waals surface area contributed by atoms with Crippen LogP contribution in [0, 0.1) is 0 Å². The van der Waals surface area contributed by atoms with Crippen molar-refractivity contribution in [2.45, 2.75) is 38.8 Å². The molecule has 2 nitrogen and oxygen atoms in total. The van der Waals surface area contributed by atoms with Crippen LogP contribution in [0.3, 0.4) is 0 Å². The van der Waals surface area contributed by atoms with Crippen LogP contribution < -0.4 is 10.2 Å². The standard InChI is InChI=1S/C14H21ClN2/c1-11(2)16-12-6-5-9-17(10-12)14-8-4-3-7-13(14)15/h3-4,7-8,11-12,16H,5-6,9-10H2,1-2H3. The largest absolute Gasteiger partial charge is 0.369 e. The number of nitrogens with one attached hydrogen (secondary N) is 1. The van der Waals surface area contributed by atoms with Crippen molar-refractivity contribution >= 4 is 17.3 Å². The van der Waals surface area contributed by atoms with E-state index in [1.807, 2.05) is 12.1 Å². The number of nitrogens with zero attached hydrogens (tertiary/aromatic N) is 1. The molecule has 1 atom stereocenters. The first kappa shape index (κ1) is 12.7. The van der Waals surface area contributed by atoms with Gasteiger partial charge in [-0.05, 0) is 25.0 Å². The van der Waals surface area contributed by atoms with Crippen LogP contribution in [0.5, 0.6) is 0 Å². The fourth-order valence-corrected chi connectivity index (χ4v) is 2.77. The maximum absolute atomic E-state index is 6.25. The van der Waals surface area contributed by atoms with Crippen molar-refractivity contribution in [3.63, 3.8) is 0 Å². The average molecular weight is 253 g/mol. The third-order valence-corrected chi connectivity index (χ3v) is 3.50. The van der Waals surface area contributed by atoms with Gasteiger partial charge in [0.1, 0.15) is 0 Å². The monoisotopic (exact) mass is 252 g/mol. The maximum Gasteiger partial charge on any atom is 0.0639 e. The molecule has 1 unspecified atom stereocenters. The summed E-state index contributed by atoms with van der Waals surface area (Å²) in [5, 5.41) is 4.48. The highest BCUT2D eigenvalue weighted by Crippen LogP contribution is 2.27. The zero-order chi connectivity index (χ0) is 12.3. The molecular formula is C14H21ClN2. The van der Waals surface area contributed by atoms with Crippen LogP contribution in [0.15, 0.2) is 24.3 Å². The van der Waals surface area contributed by atoms with Gasteiger partial charge in [0.25, 0.3) is 0 Å². The first-order valence-electron chi connectivity index (χ1n) is 6.42. The molecule has 0 spiro atoms. The van der Waals surface area contributed by atoms with Crippen LogP contribution in [0.25, 0.3) is 0 Å². The van der Waals surface area contributed by atoms with E-state index in [0.717, 1.165) is 18.1 Å². The second-order valence-electron chi connectivity index (χ2n) is 5.06. The smallest absolute Gasteiger partial charge is 0.0639 e. The average Bonchev–Trinajstić information content (AvgIpc) is 2.29. The van der Waals surface area contributed by atoms with Crippen LogP contribution in [-0.4, -0.2) is 25.2 Å². The molecule has 1 aliphatic heterocycles. The lowest BCUT2D eigenvalue weighted by Gasteiger charge is -2.36. The third kappa shape index (κ3) is 3.36. The Hall–Kier alpha value is -0.730. The second kappa shape index (κ2) is 5.74. The number of benzene rings is 1. The van der Waals surface area contributed by atoms with Crippen molar-refractivity contribution in [1.29, 1.82) is 0 Å². The van der Waals surface area contributed by atoms with Gasteiger partial charge in [0.05, 0.1) is 10.7 Å². The van der Waals surface area contributed by atoms with Gasteiger partial charge in [-0.25, -0.2) is 0 Å². The number of hydrogen-bond donors (Lipinski definition) is 1. The Morgan fingerprint density at radius 3 is 2.82 bits per heavy atom. The Kier molecular flexibility index (Phi) is 4.30. The van der Waals surface area contributed by atoms with Gasteiger partial charge in [-0.3, -0.25) is 0 Å². The maximum atomic E-state index is 6.25. The molecule has 1 N–H and O–H groups in total. The third-order valence-electron chi connectivity index (χ3n) is 3.18. The zero-order valence-corrected chi connectivity index (χ0v) is 11.4. The number of anilines is 1. The minimum absolute atomic E-state index is 0.547. The van der Waals surface area contributed by atoms with Gasteiger partial charge in [-0.15, -0.1) is 0 Å². The van der Waals surface area contributed by atoms with Gasteiger partial charge in [0.15, 0.2) is 0 Å². The van der Waals surface area contributed by atoms with Gasteiger partial charge >= 0.3 is 0 Å². The van der Waals surface area contributed by atoms with Crippen molar-refractivity contribution in [3.05, 3.63) is 29.3 Å². The number of piperidine rings is 1. The summed E-state index contributed by atoms with van der Waals surface area (Å²) in [6.07, 6.45) is 2.49. The van der Waals surface area contributed by atoms with Crippen LogP contribution in [-0.2, 0) is 0 Å². The molecule has 3 heteroatoms. The normalized spacial score (nSPS) is 20.9. The quantitative estimate of drug-likeness (QED) is 0.888. The molecule has 0 radical (unpaired) electrons. The van der Waals surface area contributed by atoms with Gasteiger partial charge < -0.3 is 10.2 Å². The summed E-state index contributed by atoms with van der Waals surface area (Å²) >= 11 is 6.25. The van der Waals surface area contributed by atoms with Gasteiger partial charge in [0.2, 0.25) is 0 Å². The first-order chi connectivity index (χ1) is 8.16. The Balaban J connectivity index is 2.04. The Labute approximate surface area is 109 Å². The first-order valence-corrected chi connectivity index (χ1v) is 6.80. The van der Waals surface area contributed by atoms with E-state index in [2.05, 4.69) is 36.2 Å². The van der Waals surface area contributed by atoms with Crippen LogP contribution >= 0.6 is 11.6 Å². The predicted molar refractivity (Wildman–Crippen MR) is 75.0 cm³/mol. The summed E-state index contributed by atoms with van der Waals surface area (Å²) in [6, 6.07) is 9.25. The van der Waals surface area contributed by atoms with Gasteiger partial charge in [-0.2, -0.15) is 0 Å². The molecule has 2 rings (SSSR count). The van der Waals surface area contributed by atoms with E-state index in [-0.39, 0.29) is 0 Å². The van der Waals surface area contributed by atoms with Crippen LogP contribution in [0.4, 0.5) is 5.69 Å². The molecule has 1 heterocycles. The van der Waals surface area contributed by atoms with E-state index in [9.17, 15) is 0 Å². The molecule has 1 aromatic carbocycles. The fourth-order valence-electron chi connectivity index (χ4n) is 2.51. The summed E-state index contributed by atoms with van der Waals surface area (Å²) in [6.45, 7) is 6.57. The number of hydrogen-bond acceptors (Lipinski definition) is 2. The highest BCUT2D eigenvalue weighted by Gasteiger charge is 2.21. The molecule has 0 amide bonds. The van der Waals surface area contributed by atoms with Crippen molar-refractivity contribution < 1.29 is 0 Å². The predicted octanol–water partition coefficient (Wildman–Crippen LogP) is 3.31. The molecule has 17 heavy (non-hydrogen) atoms. The van der Waals surface area contributed by atoms with E-state index in [1.54, 1.807) is 0 Å². The SMILES string of the molecule is CC(C)NC1CCCN(c2ccccc2Cl)C1. The Morgan fingerprint density at radius 2 is 2.12 bits per heavy atom. The number of halogens is 1. The van der Waals surface area contributed by atoms with Gasteiger partial charge in [0, 0.05) is 25.2 Å².